The molecule has 5 nitrogen and oxygen atoms in total. The van der Waals surface area contributed by atoms with Crippen LogP contribution in [-0.4, -0.2) is 39.0 Å². The molecule has 0 spiro atoms. The lowest BCUT2D eigenvalue weighted by atomic mass is 9.91. The topological polar surface area (TPSA) is 47.0 Å². The van der Waals surface area contributed by atoms with Gasteiger partial charge < -0.3 is 25.0 Å². The minimum absolute atomic E-state index is 0.274. The van der Waals surface area contributed by atoms with Crippen LogP contribution in [0.15, 0.2) is 36.4 Å². The van der Waals surface area contributed by atoms with Gasteiger partial charge >= 0.3 is 0 Å². The molecular weight excluding hydrogens is 382 g/mol. The van der Waals surface area contributed by atoms with E-state index in [0.29, 0.717) is 5.11 Å². The molecule has 0 saturated heterocycles. The maximum Gasteiger partial charge on any atom is 0.166 e. The predicted molar refractivity (Wildman–Crippen MR) is 121 cm³/mol. The van der Waals surface area contributed by atoms with E-state index in [0.717, 1.165) is 44.1 Å². The Morgan fingerprint density at radius 3 is 2.59 bits per heavy atom. The van der Waals surface area contributed by atoms with E-state index >= 15 is 0 Å². The van der Waals surface area contributed by atoms with Crippen molar-refractivity contribution in [3.8, 4) is 11.5 Å². The van der Waals surface area contributed by atoms with E-state index < -0.39 is 0 Å². The number of rotatable bonds is 7. The monoisotopic (exact) mass is 414 g/mol. The average molecular weight is 415 g/mol. The summed E-state index contributed by atoms with van der Waals surface area (Å²) in [5.41, 5.74) is 5.30. The van der Waals surface area contributed by atoms with Crippen molar-refractivity contribution in [2.75, 3.05) is 33.9 Å². The number of aryl methyl sites for hydroxylation is 1. The molecule has 6 heteroatoms. The van der Waals surface area contributed by atoms with Crippen LogP contribution in [-0.2, 0) is 13.0 Å². The Hall–Kier alpha value is -2.31. The summed E-state index contributed by atoms with van der Waals surface area (Å²) in [7, 11) is 3.38. The molecule has 0 radical (unpaired) electrons. The molecule has 1 unspecified atom stereocenters. The number of thiocarbonyl (C=S) groups is 1. The van der Waals surface area contributed by atoms with Crippen molar-refractivity contribution in [2.24, 2.45) is 0 Å². The van der Waals surface area contributed by atoms with Gasteiger partial charge in [-0.15, -0.1) is 0 Å². The van der Waals surface area contributed by atoms with Crippen molar-refractivity contribution in [1.29, 1.82) is 0 Å². The van der Waals surface area contributed by atoms with E-state index in [1.54, 1.807) is 14.2 Å². The standard InChI is InChI=1S/C23H31N3O2S/c1-5-24-23(29)25-14-20-19-13-22(28-4)21(27-3)12-18(19)9-10-26(20)15-17-8-6-7-16(2)11-17/h6-8,11-13,20H,5,9-10,14-15H2,1-4H3,(H2,24,25,29)/p+1/t20-/m0/s1. The number of hydrogen-bond acceptors (Lipinski definition) is 3. The number of hydrogen-bond donors (Lipinski definition) is 3. The molecule has 1 aliphatic rings. The van der Waals surface area contributed by atoms with Gasteiger partial charge in [0.05, 0.1) is 27.3 Å². The van der Waals surface area contributed by atoms with E-state index in [2.05, 4.69) is 60.9 Å². The van der Waals surface area contributed by atoms with Gasteiger partial charge in [0.1, 0.15) is 12.6 Å². The van der Waals surface area contributed by atoms with Gasteiger partial charge in [-0.3, -0.25) is 0 Å². The van der Waals surface area contributed by atoms with Gasteiger partial charge in [-0.05, 0) is 43.8 Å². The number of fused-ring (bicyclic) bond motifs is 1. The molecule has 0 aliphatic carbocycles. The number of benzene rings is 2. The fourth-order valence-corrected chi connectivity index (χ4v) is 4.36. The zero-order chi connectivity index (χ0) is 20.8. The smallest absolute Gasteiger partial charge is 0.166 e. The molecule has 0 saturated carbocycles. The minimum atomic E-state index is 0.274. The van der Waals surface area contributed by atoms with Gasteiger partial charge in [-0.25, -0.2) is 0 Å². The lowest BCUT2D eigenvalue weighted by Crippen LogP contribution is -3.12. The summed E-state index contributed by atoms with van der Waals surface area (Å²) >= 11 is 5.42. The first kappa shape index (κ1) is 21.4. The Balaban J connectivity index is 1.91. The van der Waals surface area contributed by atoms with Crippen LogP contribution in [0, 0.1) is 6.92 Å². The van der Waals surface area contributed by atoms with Gasteiger partial charge in [0, 0.05) is 24.1 Å². The first-order valence-electron chi connectivity index (χ1n) is 10.2. The Morgan fingerprint density at radius 2 is 1.90 bits per heavy atom. The number of nitrogens with one attached hydrogen (secondary N) is 3. The average Bonchev–Trinajstić information content (AvgIpc) is 2.72. The van der Waals surface area contributed by atoms with E-state index in [9.17, 15) is 0 Å². The van der Waals surface area contributed by atoms with Crippen LogP contribution in [0.1, 0.15) is 35.2 Å². The van der Waals surface area contributed by atoms with Crippen molar-refractivity contribution in [1.82, 2.24) is 10.6 Å². The molecule has 1 heterocycles. The molecule has 2 atom stereocenters. The van der Waals surface area contributed by atoms with E-state index in [-0.39, 0.29) is 6.04 Å². The highest BCUT2D eigenvalue weighted by Gasteiger charge is 2.32. The summed E-state index contributed by atoms with van der Waals surface area (Å²) < 4.78 is 11.1. The SMILES string of the molecule is CCNC(=S)NC[C@H]1c2cc(OC)c(OC)cc2CC[NH+]1Cc1cccc(C)c1. The Morgan fingerprint density at radius 1 is 1.14 bits per heavy atom. The first-order valence-corrected chi connectivity index (χ1v) is 10.6. The van der Waals surface area contributed by atoms with E-state index in [1.165, 1.54) is 27.2 Å². The summed E-state index contributed by atoms with van der Waals surface area (Å²) in [5, 5.41) is 7.31. The number of quaternary nitrogens is 1. The zero-order valence-corrected chi connectivity index (χ0v) is 18.6. The Labute approximate surface area is 179 Å². The summed E-state index contributed by atoms with van der Waals surface area (Å²) in [6.07, 6.45) is 1.02. The quantitative estimate of drug-likeness (QED) is 0.607. The van der Waals surface area contributed by atoms with Crippen molar-refractivity contribution in [3.05, 3.63) is 58.7 Å². The molecule has 1 aliphatic heterocycles. The van der Waals surface area contributed by atoms with Gasteiger partial charge in [-0.2, -0.15) is 0 Å². The number of ether oxygens (including phenoxy) is 2. The van der Waals surface area contributed by atoms with Crippen LogP contribution in [0.25, 0.3) is 0 Å². The highest BCUT2D eigenvalue weighted by molar-refractivity contribution is 7.80. The maximum atomic E-state index is 5.59. The lowest BCUT2D eigenvalue weighted by Gasteiger charge is -2.35. The molecule has 0 aromatic heterocycles. The van der Waals surface area contributed by atoms with Crippen LogP contribution >= 0.6 is 12.2 Å². The highest BCUT2D eigenvalue weighted by atomic mass is 32.1. The van der Waals surface area contributed by atoms with Crippen LogP contribution in [0.2, 0.25) is 0 Å². The van der Waals surface area contributed by atoms with Crippen LogP contribution in [0.3, 0.4) is 0 Å². The van der Waals surface area contributed by atoms with Crippen molar-refractivity contribution in [3.63, 3.8) is 0 Å². The third kappa shape index (κ3) is 5.19. The Kier molecular flexibility index (Phi) is 7.34. The molecule has 2 aromatic carbocycles. The second kappa shape index (κ2) is 9.94. The third-order valence-electron chi connectivity index (χ3n) is 5.55. The van der Waals surface area contributed by atoms with Crippen molar-refractivity contribution in [2.45, 2.75) is 32.9 Å². The molecule has 0 fully saturated rings. The van der Waals surface area contributed by atoms with Crippen LogP contribution in [0.4, 0.5) is 0 Å². The number of methoxy groups -OCH3 is 2. The van der Waals surface area contributed by atoms with Gasteiger partial charge in [0.25, 0.3) is 0 Å². The summed E-state index contributed by atoms with van der Waals surface area (Å²) in [6.45, 7) is 7.84. The molecule has 3 N–H and O–H groups in total. The summed E-state index contributed by atoms with van der Waals surface area (Å²) in [6, 6.07) is 13.3. The second-order valence-corrected chi connectivity index (χ2v) is 7.93. The lowest BCUT2D eigenvalue weighted by molar-refractivity contribution is -0.945. The molecular formula is C23H32N3O2S+. The zero-order valence-electron chi connectivity index (χ0n) is 17.8. The van der Waals surface area contributed by atoms with Crippen LogP contribution in [0.5, 0.6) is 11.5 Å². The maximum absolute atomic E-state index is 5.59. The van der Waals surface area contributed by atoms with E-state index in [1.807, 2.05) is 0 Å². The normalized spacial score (nSPS) is 17.9. The van der Waals surface area contributed by atoms with Crippen LogP contribution < -0.4 is 25.0 Å². The summed E-state index contributed by atoms with van der Waals surface area (Å²) in [4.78, 5) is 1.53. The second-order valence-electron chi connectivity index (χ2n) is 7.52. The largest absolute Gasteiger partial charge is 0.493 e. The van der Waals surface area contributed by atoms with Gasteiger partial charge in [0.15, 0.2) is 16.6 Å². The fourth-order valence-electron chi connectivity index (χ4n) is 4.14. The third-order valence-corrected chi connectivity index (χ3v) is 5.84. The molecule has 29 heavy (non-hydrogen) atoms. The Bertz CT molecular complexity index is 856. The molecule has 2 aromatic rings. The first-order chi connectivity index (χ1) is 14.0. The molecule has 3 rings (SSSR count). The van der Waals surface area contributed by atoms with Crippen molar-refractivity contribution < 1.29 is 14.4 Å². The predicted octanol–water partition coefficient (Wildman–Crippen LogP) is 2.18. The molecule has 0 bridgehead atoms. The minimum Gasteiger partial charge on any atom is -0.493 e. The van der Waals surface area contributed by atoms with Gasteiger partial charge in [0.2, 0.25) is 0 Å². The molecule has 156 valence electrons. The summed E-state index contributed by atoms with van der Waals surface area (Å²) in [5.74, 6) is 1.57. The highest BCUT2D eigenvalue weighted by Crippen LogP contribution is 2.34. The van der Waals surface area contributed by atoms with Crippen molar-refractivity contribution >= 4 is 17.3 Å². The van der Waals surface area contributed by atoms with Gasteiger partial charge in [-0.1, -0.05) is 29.8 Å². The fraction of sp³-hybridized carbons (Fsp3) is 0.435. The van der Waals surface area contributed by atoms with E-state index in [4.69, 9.17) is 21.7 Å². The molecule has 0 amide bonds.